The summed E-state index contributed by atoms with van der Waals surface area (Å²) in [5, 5.41) is 9.52. The number of likely N-dealkylation sites (tertiary alicyclic amines) is 1. The zero-order chi connectivity index (χ0) is 7.78. The van der Waals surface area contributed by atoms with E-state index < -0.39 is 0 Å². The highest BCUT2D eigenvalue weighted by atomic mass is 16.3. The van der Waals surface area contributed by atoms with Crippen molar-refractivity contribution in [3.63, 3.8) is 0 Å². The van der Waals surface area contributed by atoms with E-state index in [-0.39, 0.29) is 11.6 Å². The summed E-state index contributed by atoms with van der Waals surface area (Å²) in [4.78, 5) is 2.32. The molecule has 0 radical (unpaired) electrons. The average molecular weight is 143 g/mol. The molecule has 1 N–H and O–H groups in total. The molecular formula is C8H17NO. The van der Waals surface area contributed by atoms with Gasteiger partial charge in [0.2, 0.25) is 0 Å². The molecule has 0 aromatic heterocycles. The first-order chi connectivity index (χ1) is 4.59. The Morgan fingerprint density at radius 1 is 1.60 bits per heavy atom. The Labute approximate surface area is 62.8 Å². The summed E-state index contributed by atoms with van der Waals surface area (Å²) >= 11 is 0. The molecule has 2 nitrogen and oxygen atoms in total. The minimum absolute atomic E-state index is 0.00868. The Bertz CT molecular complexity index is 122. The van der Waals surface area contributed by atoms with E-state index in [0.717, 1.165) is 19.5 Å². The summed E-state index contributed by atoms with van der Waals surface area (Å²) in [5.74, 6) is 0. The molecule has 0 aliphatic carbocycles. The number of likely N-dealkylation sites (N-methyl/N-ethyl adjacent to an activating group) is 1. The maximum atomic E-state index is 9.52. The van der Waals surface area contributed by atoms with Gasteiger partial charge in [-0.3, -0.25) is 4.90 Å². The quantitative estimate of drug-likeness (QED) is 0.588. The molecule has 1 aliphatic rings. The largest absolute Gasteiger partial charge is 0.391 e. The second-order valence-corrected chi connectivity index (χ2v) is 3.54. The zero-order valence-corrected chi connectivity index (χ0v) is 7.09. The van der Waals surface area contributed by atoms with Crippen LogP contribution in [0.5, 0.6) is 0 Å². The molecule has 1 aliphatic heterocycles. The molecule has 1 unspecified atom stereocenters. The van der Waals surface area contributed by atoms with Gasteiger partial charge in [0.1, 0.15) is 0 Å². The standard InChI is InChI=1S/C8H17NO/c1-4-9-6-5-7(10)8(9,2)3/h7,10H,4-6H2,1-3H3. The molecule has 0 saturated carbocycles. The second kappa shape index (κ2) is 2.51. The fourth-order valence-corrected chi connectivity index (χ4v) is 1.70. The van der Waals surface area contributed by atoms with Gasteiger partial charge in [0.15, 0.2) is 0 Å². The molecule has 1 saturated heterocycles. The van der Waals surface area contributed by atoms with Crippen molar-refractivity contribution in [1.82, 2.24) is 4.90 Å². The Morgan fingerprint density at radius 2 is 2.20 bits per heavy atom. The van der Waals surface area contributed by atoms with E-state index in [9.17, 15) is 5.11 Å². The molecular weight excluding hydrogens is 126 g/mol. The number of aliphatic hydroxyl groups excluding tert-OH is 1. The van der Waals surface area contributed by atoms with Gasteiger partial charge in [0, 0.05) is 12.1 Å². The second-order valence-electron chi connectivity index (χ2n) is 3.54. The Balaban J connectivity index is 2.64. The van der Waals surface area contributed by atoms with Gasteiger partial charge in [0.05, 0.1) is 6.10 Å². The molecule has 0 amide bonds. The van der Waals surface area contributed by atoms with Crippen molar-refractivity contribution in [3.05, 3.63) is 0 Å². The maximum Gasteiger partial charge on any atom is 0.0730 e. The highest BCUT2D eigenvalue weighted by Crippen LogP contribution is 2.27. The zero-order valence-electron chi connectivity index (χ0n) is 7.09. The van der Waals surface area contributed by atoms with E-state index in [1.54, 1.807) is 0 Å². The Hall–Kier alpha value is -0.0800. The van der Waals surface area contributed by atoms with Gasteiger partial charge in [-0.2, -0.15) is 0 Å². The first-order valence-corrected chi connectivity index (χ1v) is 4.02. The Kier molecular flexibility index (Phi) is 2.02. The SMILES string of the molecule is CCN1CCC(O)C1(C)C. The first-order valence-electron chi connectivity index (χ1n) is 4.02. The van der Waals surface area contributed by atoms with Crippen LogP contribution in [-0.2, 0) is 0 Å². The van der Waals surface area contributed by atoms with Crippen LogP contribution in [0.2, 0.25) is 0 Å². The lowest BCUT2D eigenvalue weighted by Gasteiger charge is -2.32. The van der Waals surface area contributed by atoms with Gasteiger partial charge in [0.25, 0.3) is 0 Å². The van der Waals surface area contributed by atoms with Crippen LogP contribution in [0, 0.1) is 0 Å². The molecule has 2 heteroatoms. The predicted octanol–water partition coefficient (Wildman–Crippen LogP) is 0.851. The average Bonchev–Trinajstić information content (AvgIpc) is 2.10. The van der Waals surface area contributed by atoms with Crippen LogP contribution in [0.1, 0.15) is 27.2 Å². The minimum atomic E-state index is -0.132. The number of aliphatic hydroxyl groups is 1. The highest BCUT2D eigenvalue weighted by molar-refractivity contribution is 4.94. The van der Waals surface area contributed by atoms with E-state index in [0.29, 0.717) is 0 Å². The van der Waals surface area contributed by atoms with Crippen molar-refractivity contribution in [3.8, 4) is 0 Å². The van der Waals surface area contributed by atoms with Crippen LogP contribution in [-0.4, -0.2) is 34.7 Å². The molecule has 10 heavy (non-hydrogen) atoms. The number of nitrogens with zero attached hydrogens (tertiary/aromatic N) is 1. The van der Waals surface area contributed by atoms with Crippen LogP contribution < -0.4 is 0 Å². The topological polar surface area (TPSA) is 23.5 Å². The smallest absolute Gasteiger partial charge is 0.0730 e. The lowest BCUT2D eigenvalue weighted by molar-refractivity contribution is 0.0576. The van der Waals surface area contributed by atoms with E-state index in [1.807, 2.05) is 0 Å². The van der Waals surface area contributed by atoms with E-state index in [2.05, 4.69) is 25.7 Å². The lowest BCUT2D eigenvalue weighted by atomic mass is 9.99. The molecule has 1 atom stereocenters. The molecule has 1 fully saturated rings. The fraction of sp³-hybridized carbons (Fsp3) is 1.00. The summed E-state index contributed by atoms with van der Waals surface area (Å²) in [7, 11) is 0. The Morgan fingerprint density at radius 3 is 2.40 bits per heavy atom. The third-order valence-electron chi connectivity index (χ3n) is 2.68. The number of rotatable bonds is 1. The fourth-order valence-electron chi connectivity index (χ4n) is 1.70. The van der Waals surface area contributed by atoms with Gasteiger partial charge in [-0.1, -0.05) is 6.92 Å². The minimum Gasteiger partial charge on any atom is -0.391 e. The third kappa shape index (κ3) is 1.06. The highest BCUT2D eigenvalue weighted by Gasteiger charge is 2.38. The van der Waals surface area contributed by atoms with E-state index >= 15 is 0 Å². The molecule has 0 spiro atoms. The molecule has 0 aromatic carbocycles. The maximum absolute atomic E-state index is 9.52. The van der Waals surface area contributed by atoms with Crippen molar-refractivity contribution in [2.45, 2.75) is 38.8 Å². The van der Waals surface area contributed by atoms with Gasteiger partial charge in [-0.15, -0.1) is 0 Å². The van der Waals surface area contributed by atoms with E-state index in [4.69, 9.17) is 0 Å². The van der Waals surface area contributed by atoms with Gasteiger partial charge in [-0.05, 0) is 26.8 Å². The first kappa shape index (κ1) is 8.02. The van der Waals surface area contributed by atoms with E-state index in [1.165, 1.54) is 0 Å². The van der Waals surface area contributed by atoms with Gasteiger partial charge >= 0.3 is 0 Å². The van der Waals surface area contributed by atoms with Crippen molar-refractivity contribution in [2.24, 2.45) is 0 Å². The summed E-state index contributed by atoms with van der Waals surface area (Å²) in [6, 6.07) is 0. The summed E-state index contributed by atoms with van der Waals surface area (Å²) in [5.41, 5.74) is 0.00868. The number of hydrogen-bond acceptors (Lipinski definition) is 2. The van der Waals surface area contributed by atoms with Crippen molar-refractivity contribution in [2.75, 3.05) is 13.1 Å². The molecule has 60 valence electrons. The van der Waals surface area contributed by atoms with Crippen molar-refractivity contribution in [1.29, 1.82) is 0 Å². The van der Waals surface area contributed by atoms with Crippen LogP contribution in [0.3, 0.4) is 0 Å². The van der Waals surface area contributed by atoms with Crippen LogP contribution >= 0.6 is 0 Å². The monoisotopic (exact) mass is 143 g/mol. The molecule has 1 heterocycles. The van der Waals surface area contributed by atoms with Gasteiger partial charge < -0.3 is 5.11 Å². The predicted molar refractivity (Wildman–Crippen MR) is 41.9 cm³/mol. The van der Waals surface area contributed by atoms with Gasteiger partial charge in [-0.25, -0.2) is 0 Å². The molecule has 0 bridgehead atoms. The number of hydrogen-bond donors (Lipinski definition) is 1. The normalized spacial score (nSPS) is 33.0. The van der Waals surface area contributed by atoms with Crippen LogP contribution in [0.25, 0.3) is 0 Å². The van der Waals surface area contributed by atoms with Crippen LogP contribution in [0.15, 0.2) is 0 Å². The summed E-state index contributed by atoms with van der Waals surface area (Å²) < 4.78 is 0. The van der Waals surface area contributed by atoms with Crippen LogP contribution in [0.4, 0.5) is 0 Å². The lowest BCUT2D eigenvalue weighted by Crippen LogP contribution is -2.44. The summed E-state index contributed by atoms with van der Waals surface area (Å²) in [6.45, 7) is 8.44. The molecule has 1 rings (SSSR count). The third-order valence-corrected chi connectivity index (χ3v) is 2.68. The van der Waals surface area contributed by atoms with Crippen molar-refractivity contribution >= 4 is 0 Å². The molecule has 0 aromatic rings. The summed E-state index contributed by atoms with van der Waals surface area (Å²) in [6.07, 6.45) is 0.799. The van der Waals surface area contributed by atoms with Crippen molar-refractivity contribution < 1.29 is 5.11 Å².